The summed E-state index contributed by atoms with van der Waals surface area (Å²) in [7, 11) is 0. The molecule has 4 heteroatoms. The molecule has 1 aliphatic heterocycles. The fraction of sp³-hybridized carbons (Fsp3) is 0.750. The number of hydrogen-bond donors (Lipinski definition) is 1. The molecule has 2 heterocycles. The summed E-state index contributed by atoms with van der Waals surface area (Å²) in [5.41, 5.74) is 3.83. The molecular formula is C16H27N3O. The average molecular weight is 277 g/mol. The van der Waals surface area contributed by atoms with Gasteiger partial charge in [0.1, 0.15) is 5.82 Å². The van der Waals surface area contributed by atoms with Gasteiger partial charge in [-0.15, -0.1) is 0 Å². The van der Waals surface area contributed by atoms with Crippen molar-refractivity contribution in [3.8, 4) is 0 Å². The molecule has 4 nitrogen and oxygen atoms in total. The molecule has 112 valence electrons. The van der Waals surface area contributed by atoms with Crippen LogP contribution in [0, 0.1) is 0 Å². The largest absolute Gasteiger partial charge is 0.381 e. The van der Waals surface area contributed by atoms with E-state index in [9.17, 15) is 0 Å². The molecule has 20 heavy (non-hydrogen) atoms. The summed E-state index contributed by atoms with van der Waals surface area (Å²) in [6.45, 7) is 10.2. The lowest BCUT2D eigenvalue weighted by molar-refractivity contribution is 0.193. The van der Waals surface area contributed by atoms with Crippen molar-refractivity contribution < 1.29 is 4.74 Å². The Kier molecular flexibility index (Phi) is 5.92. The highest BCUT2D eigenvalue weighted by Gasteiger charge is 2.22. The van der Waals surface area contributed by atoms with Crippen LogP contribution in [0.15, 0.2) is 0 Å². The van der Waals surface area contributed by atoms with Gasteiger partial charge in [0.2, 0.25) is 0 Å². The Morgan fingerprint density at radius 3 is 2.35 bits per heavy atom. The molecule has 0 saturated carbocycles. The number of nitrogens with zero attached hydrogens (tertiary/aromatic N) is 2. The van der Waals surface area contributed by atoms with Crippen LogP contribution >= 0.6 is 0 Å². The lowest BCUT2D eigenvalue weighted by Gasteiger charge is -2.16. The van der Waals surface area contributed by atoms with E-state index >= 15 is 0 Å². The number of aromatic nitrogens is 2. The average Bonchev–Trinajstić information content (AvgIpc) is 3.01. The van der Waals surface area contributed by atoms with Gasteiger partial charge in [-0.25, -0.2) is 9.97 Å². The normalized spacial score (nSPS) is 18.6. The molecular weight excluding hydrogens is 250 g/mol. The lowest BCUT2D eigenvalue weighted by atomic mass is 10.0. The summed E-state index contributed by atoms with van der Waals surface area (Å²) in [4.78, 5) is 9.68. The van der Waals surface area contributed by atoms with E-state index in [1.165, 1.54) is 17.0 Å². The highest BCUT2D eigenvalue weighted by Crippen LogP contribution is 2.24. The van der Waals surface area contributed by atoms with Crippen molar-refractivity contribution in [1.29, 1.82) is 0 Å². The molecule has 0 radical (unpaired) electrons. The van der Waals surface area contributed by atoms with Crippen molar-refractivity contribution in [2.45, 2.75) is 52.4 Å². The predicted molar refractivity (Wildman–Crippen MR) is 81.2 cm³/mol. The van der Waals surface area contributed by atoms with Gasteiger partial charge in [0.05, 0.1) is 6.61 Å². The molecule has 1 fully saturated rings. The van der Waals surface area contributed by atoms with Crippen LogP contribution in [0.5, 0.6) is 0 Å². The number of aryl methyl sites for hydroxylation is 2. The maximum atomic E-state index is 5.48. The lowest BCUT2D eigenvalue weighted by Crippen LogP contribution is -2.20. The first-order chi connectivity index (χ1) is 9.80. The van der Waals surface area contributed by atoms with Crippen LogP contribution in [0.3, 0.4) is 0 Å². The van der Waals surface area contributed by atoms with Crippen LogP contribution in [0.2, 0.25) is 0 Å². The molecule has 0 bridgehead atoms. The first kappa shape index (κ1) is 15.4. The van der Waals surface area contributed by atoms with E-state index < -0.39 is 0 Å². The first-order valence-corrected chi connectivity index (χ1v) is 7.97. The Morgan fingerprint density at radius 2 is 1.85 bits per heavy atom. The SMILES string of the molecule is CCNCCc1c(CC)nc(C2CCOC2)nc1CC. The van der Waals surface area contributed by atoms with E-state index in [0.29, 0.717) is 5.92 Å². The summed E-state index contributed by atoms with van der Waals surface area (Å²) in [6.07, 6.45) is 4.06. The summed E-state index contributed by atoms with van der Waals surface area (Å²) >= 11 is 0. The molecule has 1 aromatic rings. The molecule has 0 aliphatic carbocycles. The Morgan fingerprint density at radius 1 is 1.15 bits per heavy atom. The van der Waals surface area contributed by atoms with Crippen molar-refractivity contribution in [3.05, 3.63) is 22.8 Å². The fourth-order valence-corrected chi connectivity index (χ4v) is 2.79. The van der Waals surface area contributed by atoms with Gasteiger partial charge in [0, 0.05) is 23.9 Å². The van der Waals surface area contributed by atoms with Crippen LogP contribution < -0.4 is 5.32 Å². The predicted octanol–water partition coefficient (Wildman–Crippen LogP) is 2.26. The molecule has 0 spiro atoms. The number of nitrogens with one attached hydrogen (secondary N) is 1. The molecule has 1 aliphatic rings. The van der Waals surface area contributed by atoms with Crippen LogP contribution in [-0.2, 0) is 24.0 Å². The second kappa shape index (κ2) is 7.70. The molecule has 1 unspecified atom stereocenters. The fourth-order valence-electron chi connectivity index (χ4n) is 2.79. The minimum atomic E-state index is 0.397. The number of likely N-dealkylation sites (N-methyl/N-ethyl adjacent to an activating group) is 1. The second-order valence-corrected chi connectivity index (χ2v) is 5.32. The highest BCUT2D eigenvalue weighted by molar-refractivity contribution is 5.28. The van der Waals surface area contributed by atoms with E-state index in [2.05, 4.69) is 26.1 Å². The first-order valence-electron chi connectivity index (χ1n) is 7.97. The van der Waals surface area contributed by atoms with Gasteiger partial charge < -0.3 is 10.1 Å². The van der Waals surface area contributed by atoms with Gasteiger partial charge in [0.25, 0.3) is 0 Å². The molecule has 0 aromatic carbocycles. The summed E-state index contributed by atoms with van der Waals surface area (Å²) in [6, 6.07) is 0. The minimum Gasteiger partial charge on any atom is -0.381 e. The van der Waals surface area contributed by atoms with E-state index in [0.717, 1.165) is 57.8 Å². The van der Waals surface area contributed by atoms with Crippen LogP contribution in [0.25, 0.3) is 0 Å². The monoisotopic (exact) mass is 277 g/mol. The van der Waals surface area contributed by atoms with Crippen molar-refractivity contribution >= 4 is 0 Å². The second-order valence-electron chi connectivity index (χ2n) is 5.32. The summed E-state index contributed by atoms with van der Waals surface area (Å²) in [5.74, 6) is 1.40. The summed E-state index contributed by atoms with van der Waals surface area (Å²) < 4.78 is 5.48. The zero-order valence-corrected chi connectivity index (χ0v) is 13.0. The van der Waals surface area contributed by atoms with Gasteiger partial charge in [-0.1, -0.05) is 20.8 Å². The van der Waals surface area contributed by atoms with Gasteiger partial charge in [-0.2, -0.15) is 0 Å². The Labute approximate surface area is 122 Å². The maximum Gasteiger partial charge on any atom is 0.134 e. The quantitative estimate of drug-likeness (QED) is 0.777. The zero-order chi connectivity index (χ0) is 14.4. The summed E-state index contributed by atoms with van der Waals surface area (Å²) in [5, 5.41) is 3.39. The van der Waals surface area contributed by atoms with Crippen LogP contribution in [0.1, 0.15) is 55.9 Å². The van der Waals surface area contributed by atoms with Gasteiger partial charge in [-0.3, -0.25) is 0 Å². The topological polar surface area (TPSA) is 47.0 Å². The van der Waals surface area contributed by atoms with Crippen molar-refractivity contribution in [3.63, 3.8) is 0 Å². The van der Waals surface area contributed by atoms with Gasteiger partial charge in [-0.05, 0) is 44.3 Å². The molecule has 1 atom stereocenters. The highest BCUT2D eigenvalue weighted by atomic mass is 16.5. The van der Waals surface area contributed by atoms with Crippen molar-refractivity contribution in [2.75, 3.05) is 26.3 Å². The van der Waals surface area contributed by atoms with Crippen molar-refractivity contribution in [2.24, 2.45) is 0 Å². The van der Waals surface area contributed by atoms with Gasteiger partial charge in [0.15, 0.2) is 0 Å². The molecule has 2 rings (SSSR count). The Balaban J connectivity index is 2.25. The molecule has 0 amide bonds. The van der Waals surface area contributed by atoms with Crippen LogP contribution in [-0.4, -0.2) is 36.3 Å². The Hall–Kier alpha value is -1.00. The zero-order valence-electron chi connectivity index (χ0n) is 13.0. The van der Waals surface area contributed by atoms with Crippen molar-refractivity contribution in [1.82, 2.24) is 15.3 Å². The van der Waals surface area contributed by atoms with E-state index in [4.69, 9.17) is 14.7 Å². The third-order valence-electron chi connectivity index (χ3n) is 3.96. The smallest absolute Gasteiger partial charge is 0.134 e. The van der Waals surface area contributed by atoms with E-state index in [-0.39, 0.29) is 0 Å². The third-order valence-corrected chi connectivity index (χ3v) is 3.96. The molecule has 1 aromatic heterocycles. The Bertz CT molecular complexity index is 403. The van der Waals surface area contributed by atoms with Gasteiger partial charge >= 0.3 is 0 Å². The van der Waals surface area contributed by atoms with E-state index in [1.54, 1.807) is 0 Å². The third kappa shape index (κ3) is 3.55. The van der Waals surface area contributed by atoms with E-state index in [1.807, 2.05) is 0 Å². The van der Waals surface area contributed by atoms with Crippen LogP contribution in [0.4, 0.5) is 0 Å². The number of hydrogen-bond acceptors (Lipinski definition) is 4. The molecule has 1 saturated heterocycles. The maximum absolute atomic E-state index is 5.48. The standard InChI is InChI=1S/C16H27N3O/c1-4-14-13(7-9-17-6-3)15(5-2)19-16(18-14)12-8-10-20-11-12/h12,17H,4-11H2,1-3H3. The number of ether oxygens (including phenoxy) is 1. The molecule has 1 N–H and O–H groups in total. The number of rotatable bonds is 7. The minimum absolute atomic E-state index is 0.397.